The zero-order valence-electron chi connectivity index (χ0n) is 18.3. The summed E-state index contributed by atoms with van der Waals surface area (Å²) in [5, 5.41) is 20.1. The number of aliphatic hydroxyl groups excluding tert-OH is 1. The van der Waals surface area contributed by atoms with Crippen LogP contribution in [0.1, 0.15) is 57.0 Å². The van der Waals surface area contributed by atoms with Gasteiger partial charge in [0.2, 0.25) is 0 Å². The van der Waals surface area contributed by atoms with Crippen LogP contribution in [0.25, 0.3) is 22.1 Å². The third-order valence-electron chi connectivity index (χ3n) is 6.57. The summed E-state index contributed by atoms with van der Waals surface area (Å²) >= 11 is 0. The van der Waals surface area contributed by atoms with Crippen LogP contribution >= 0.6 is 0 Å². The number of benzene rings is 1. The van der Waals surface area contributed by atoms with Gasteiger partial charge in [-0.2, -0.15) is 5.26 Å². The molecule has 1 aliphatic rings. The molecule has 3 atom stereocenters. The van der Waals surface area contributed by atoms with Crippen LogP contribution in [0.4, 0.5) is 0 Å². The molecule has 0 amide bonds. The Labute approximate surface area is 192 Å². The number of nitrogens with zero attached hydrogens (tertiary/aromatic N) is 5. The lowest BCUT2D eigenvalue weighted by Crippen LogP contribution is -2.13. The van der Waals surface area contributed by atoms with Crippen LogP contribution in [0.2, 0.25) is 0 Å². The van der Waals surface area contributed by atoms with Gasteiger partial charge in [-0.05, 0) is 56.7 Å². The molecule has 1 N–H and O–H groups in total. The highest BCUT2D eigenvalue weighted by Crippen LogP contribution is 2.41. The van der Waals surface area contributed by atoms with Gasteiger partial charge in [-0.3, -0.25) is 0 Å². The zero-order valence-corrected chi connectivity index (χ0v) is 19.1. The van der Waals surface area contributed by atoms with E-state index < -0.39 is 16.1 Å². The summed E-state index contributed by atoms with van der Waals surface area (Å²) in [4.78, 5) is 9.30. The minimum absolute atomic E-state index is 0.128. The summed E-state index contributed by atoms with van der Waals surface area (Å²) in [6.07, 6.45) is 6.59. The zero-order chi connectivity index (χ0) is 23.2. The van der Waals surface area contributed by atoms with E-state index >= 15 is 0 Å². The number of nitriles is 1. The summed E-state index contributed by atoms with van der Waals surface area (Å²) in [5.74, 6) is 1.01. The molecule has 3 aromatic heterocycles. The number of imidazole rings is 1. The first-order chi connectivity index (χ1) is 15.9. The van der Waals surface area contributed by atoms with Gasteiger partial charge in [0.25, 0.3) is 10.0 Å². The summed E-state index contributed by atoms with van der Waals surface area (Å²) in [5.41, 5.74) is 1.77. The van der Waals surface area contributed by atoms with Crippen molar-refractivity contribution in [1.82, 2.24) is 18.5 Å². The second-order valence-electron chi connectivity index (χ2n) is 8.70. The smallest absolute Gasteiger partial charge is 0.269 e. The molecule has 9 heteroatoms. The van der Waals surface area contributed by atoms with Crippen molar-refractivity contribution in [2.75, 3.05) is 0 Å². The number of hydrogen-bond donors (Lipinski definition) is 1. The maximum atomic E-state index is 13.3. The van der Waals surface area contributed by atoms with E-state index in [0.717, 1.165) is 31.2 Å². The molecule has 0 aliphatic heterocycles. The number of aromatic nitrogens is 4. The number of fused-ring (bicyclic) bond motifs is 3. The van der Waals surface area contributed by atoms with Gasteiger partial charge in [-0.25, -0.2) is 22.4 Å². The van der Waals surface area contributed by atoms with E-state index in [1.807, 2.05) is 0 Å². The van der Waals surface area contributed by atoms with Crippen LogP contribution in [0.5, 0.6) is 0 Å². The molecule has 0 bridgehead atoms. The number of hydrogen-bond acceptors (Lipinski definition) is 6. The molecular formula is C24H25N5O3S. The monoisotopic (exact) mass is 463 g/mol. The van der Waals surface area contributed by atoms with E-state index in [1.165, 1.54) is 10.2 Å². The van der Waals surface area contributed by atoms with E-state index in [2.05, 4.69) is 20.6 Å². The van der Waals surface area contributed by atoms with Gasteiger partial charge >= 0.3 is 0 Å². The maximum Gasteiger partial charge on any atom is 0.269 e. The van der Waals surface area contributed by atoms with Crippen LogP contribution in [0, 0.1) is 17.2 Å². The molecule has 1 fully saturated rings. The second kappa shape index (κ2) is 8.28. The van der Waals surface area contributed by atoms with E-state index in [9.17, 15) is 13.5 Å². The van der Waals surface area contributed by atoms with Gasteiger partial charge in [-0.15, -0.1) is 0 Å². The lowest BCUT2D eigenvalue weighted by Gasteiger charge is -2.19. The summed E-state index contributed by atoms with van der Waals surface area (Å²) < 4.78 is 29.8. The van der Waals surface area contributed by atoms with Crippen molar-refractivity contribution in [2.24, 2.45) is 5.92 Å². The standard InChI is InChI=1S/C24H25N5O3S/c1-16(30)23-27-21-15-26-24-20(11-13-28(24)33(31,32)19-7-3-2-4-8-19)22(21)29(23)18-10-9-17(14-18)6-5-12-25/h2-4,7-8,11,13,15-18,30H,5-6,9-10,14H2,1H3/t16-,17+,18-/m1/s1. The first kappa shape index (κ1) is 21.6. The minimum atomic E-state index is -3.81. The molecule has 0 unspecified atom stereocenters. The molecule has 0 spiro atoms. The minimum Gasteiger partial charge on any atom is -0.385 e. The summed E-state index contributed by atoms with van der Waals surface area (Å²) in [6, 6.07) is 12.4. The van der Waals surface area contributed by atoms with Crippen molar-refractivity contribution in [3.8, 4) is 6.07 Å². The quantitative estimate of drug-likeness (QED) is 0.455. The van der Waals surface area contributed by atoms with Crippen molar-refractivity contribution >= 4 is 32.1 Å². The predicted molar refractivity (Wildman–Crippen MR) is 124 cm³/mol. The molecule has 1 saturated carbocycles. The molecule has 0 saturated heterocycles. The Morgan fingerprint density at radius 3 is 2.76 bits per heavy atom. The second-order valence-corrected chi connectivity index (χ2v) is 10.5. The molecule has 5 rings (SSSR count). The molecule has 3 heterocycles. The fourth-order valence-electron chi connectivity index (χ4n) is 5.04. The van der Waals surface area contributed by atoms with E-state index in [1.54, 1.807) is 49.5 Å². The average molecular weight is 464 g/mol. The van der Waals surface area contributed by atoms with Crippen molar-refractivity contribution in [2.45, 2.75) is 56.1 Å². The summed E-state index contributed by atoms with van der Waals surface area (Å²) in [7, 11) is -3.81. The summed E-state index contributed by atoms with van der Waals surface area (Å²) in [6.45, 7) is 1.69. The third kappa shape index (κ3) is 3.59. The van der Waals surface area contributed by atoms with Crippen LogP contribution in [0.15, 0.2) is 53.7 Å². The van der Waals surface area contributed by atoms with E-state index in [0.29, 0.717) is 34.7 Å². The highest BCUT2D eigenvalue weighted by molar-refractivity contribution is 7.90. The Balaban J connectivity index is 1.67. The topological polar surface area (TPSA) is 114 Å². The molecule has 33 heavy (non-hydrogen) atoms. The Morgan fingerprint density at radius 2 is 2.03 bits per heavy atom. The van der Waals surface area contributed by atoms with Gasteiger partial charge in [0.15, 0.2) is 5.65 Å². The number of pyridine rings is 1. The highest BCUT2D eigenvalue weighted by atomic mass is 32.2. The SMILES string of the molecule is C[C@@H](O)c1nc2cnc3c(ccn3S(=O)(=O)c3ccccc3)c2n1[C@@H]1CC[C@H](CCC#N)C1. The Morgan fingerprint density at radius 1 is 1.24 bits per heavy atom. The number of aliphatic hydroxyl groups is 1. The normalized spacial score (nSPS) is 19.8. The lowest BCUT2D eigenvalue weighted by atomic mass is 10.0. The van der Waals surface area contributed by atoms with Crippen molar-refractivity contribution in [3.05, 3.63) is 54.6 Å². The fourth-order valence-corrected chi connectivity index (χ4v) is 6.37. The Kier molecular flexibility index (Phi) is 5.43. The largest absolute Gasteiger partial charge is 0.385 e. The molecule has 4 aromatic rings. The van der Waals surface area contributed by atoms with Gasteiger partial charge < -0.3 is 9.67 Å². The van der Waals surface area contributed by atoms with Crippen LogP contribution < -0.4 is 0 Å². The van der Waals surface area contributed by atoms with Gasteiger partial charge in [0, 0.05) is 24.0 Å². The van der Waals surface area contributed by atoms with Gasteiger partial charge in [-0.1, -0.05) is 18.2 Å². The lowest BCUT2D eigenvalue weighted by molar-refractivity contribution is 0.181. The first-order valence-corrected chi connectivity index (χ1v) is 12.6. The van der Waals surface area contributed by atoms with Crippen LogP contribution in [-0.4, -0.2) is 32.0 Å². The molecule has 1 aliphatic carbocycles. The van der Waals surface area contributed by atoms with Crippen molar-refractivity contribution in [3.63, 3.8) is 0 Å². The van der Waals surface area contributed by atoms with Crippen molar-refractivity contribution < 1.29 is 13.5 Å². The van der Waals surface area contributed by atoms with E-state index in [-0.39, 0.29) is 10.9 Å². The molecule has 170 valence electrons. The molecule has 0 radical (unpaired) electrons. The third-order valence-corrected chi connectivity index (χ3v) is 8.25. The molecule has 1 aromatic carbocycles. The van der Waals surface area contributed by atoms with E-state index in [4.69, 9.17) is 5.26 Å². The average Bonchev–Trinajstić information content (AvgIpc) is 3.53. The molecule has 8 nitrogen and oxygen atoms in total. The van der Waals surface area contributed by atoms with Gasteiger partial charge in [0.1, 0.15) is 17.4 Å². The number of rotatable bonds is 6. The highest BCUT2D eigenvalue weighted by Gasteiger charge is 2.31. The first-order valence-electron chi connectivity index (χ1n) is 11.2. The van der Waals surface area contributed by atoms with Crippen molar-refractivity contribution in [1.29, 1.82) is 5.26 Å². The van der Waals surface area contributed by atoms with Crippen LogP contribution in [0.3, 0.4) is 0 Å². The van der Waals surface area contributed by atoms with Crippen LogP contribution in [-0.2, 0) is 10.0 Å². The van der Waals surface area contributed by atoms with Gasteiger partial charge in [0.05, 0.1) is 22.7 Å². The maximum absolute atomic E-state index is 13.3. The fraction of sp³-hybridized carbons (Fsp3) is 0.375. The molecular weight excluding hydrogens is 438 g/mol. The Bertz CT molecular complexity index is 1460. The Hall–Kier alpha value is -3.22. The predicted octanol–water partition coefficient (Wildman–Crippen LogP) is 4.32.